The zero-order valence-electron chi connectivity index (χ0n) is 13.6. The molecule has 0 unspecified atom stereocenters. The van der Waals surface area contributed by atoms with Gasteiger partial charge in [-0.25, -0.2) is 4.79 Å². The van der Waals surface area contributed by atoms with Crippen molar-refractivity contribution in [2.75, 3.05) is 19.5 Å². The van der Waals surface area contributed by atoms with Crippen molar-refractivity contribution in [1.29, 1.82) is 0 Å². The molecule has 0 aliphatic rings. The molecule has 0 bridgehead atoms. The minimum Gasteiger partial charge on any atom is -0.496 e. The predicted octanol–water partition coefficient (Wildman–Crippen LogP) is 2.72. The molecule has 122 valence electrons. The normalized spacial score (nSPS) is 10.8. The fourth-order valence-electron chi connectivity index (χ4n) is 1.78. The number of carbonyl (C=O) groups is 1. The van der Waals surface area contributed by atoms with Gasteiger partial charge in [0.1, 0.15) is 11.4 Å². The topological polar surface area (TPSA) is 76.8 Å². The molecule has 0 aromatic heterocycles. The van der Waals surface area contributed by atoms with Crippen LogP contribution in [0.3, 0.4) is 0 Å². The first kappa shape index (κ1) is 18.0. The molecule has 1 amide bonds. The van der Waals surface area contributed by atoms with Crippen LogP contribution in [0.4, 0.5) is 10.5 Å². The Hall–Kier alpha value is -2.02. The second-order valence-electron chi connectivity index (χ2n) is 5.85. The Balaban J connectivity index is 2.90. The third kappa shape index (κ3) is 5.77. The molecule has 1 aromatic carbocycles. The third-order valence-electron chi connectivity index (χ3n) is 2.66. The Morgan fingerprint density at radius 2 is 2.05 bits per heavy atom. The quantitative estimate of drug-likeness (QED) is 0.829. The van der Waals surface area contributed by atoms with E-state index in [2.05, 4.69) is 5.32 Å². The highest BCUT2D eigenvalue weighted by molar-refractivity contribution is 7.80. The van der Waals surface area contributed by atoms with Gasteiger partial charge in [0, 0.05) is 18.3 Å². The molecule has 0 saturated heterocycles. The number of nitrogens with two attached hydrogens (primary N) is 1. The first-order valence-corrected chi connectivity index (χ1v) is 7.20. The van der Waals surface area contributed by atoms with E-state index in [0.29, 0.717) is 12.3 Å². The minimum atomic E-state index is -0.537. The van der Waals surface area contributed by atoms with Gasteiger partial charge in [0.2, 0.25) is 0 Å². The van der Waals surface area contributed by atoms with E-state index in [-0.39, 0.29) is 5.11 Å². The molecule has 0 saturated carbocycles. The van der Waals surface area contributed by atoms with Crippen LogP contribution >= 0.6 is 12.2 Å². The van der Waals surface area contributed by atoms with Crippen LogP contribution in [0.2, 0.25) is 0 Å². The highest BCUT2D eigenvalue weighted by Gasteiger charge is 2.20. The van der Waals surface area contributed by atoms with Crippen LogP contribution in [-0.4, -0.2) is 35.9 Å². The van der Waals surface area contributed by atoms with E-state index in [4.69, 9.17) is 27.4 Å². The summed E-state index contributed by atoms with van der Waals surface area (Å²) in [7, 11) is 3.24. The van der Waals surface area contributed by atoms with Gasteiger partial charge in [-0.15, -0.1) is 0 Å². The van der Waals surface area contributed by atoms with E-state index in [9.17, 15) is 4.79 Å². The van der Waals surface area contributed by atoms with Crippen LogP contribution in [0, 0.1) is 0 Å². The zero-order chi connectivity index (χ0) is 16.9. The molecular formula is C15H23N3O3S. The number of anilines is 1. The molecule has 0 spiro atoms. The average molecular weight is 325 g/mol. The molecule has 0 radical (unpaired) electrons. The molecule has 1 aromatic rings. The Morgan fingerprint density at radius 1 is 1.41 bits per heavy atom. The van der Waals surface area contributed by atoms with Gasteiger partial charge in [-0.2, -0.15) is 0 Å². The molecule has 3 N–H and O–H groups in total. The largest absolute Gasteiger partial charge is 0.496 e. The Morgan fingerprint density at radius 3 is 2.55 bits per heavy atom. The number of nitrogens with zero attached hydrogens (tertiary/aromatic N) is 1. The number of benzene rings is 1. The Kier molecular flexibility index (Phi) is 5.99. The second-order valence-corrected chi connectivity index (χ2v) is 6.29. The average Bonchev–Trinajstić information content (AvgIpc) is 2.36. The molecule has 22 heavy (non-hydrogen) atoms. The number of methoxy groups -OCH3 is 1. The van der Waals surface area contributed by atoms with Crippen LogP contribution in [-0.2, 0) is 11.3 Å². The number of hydrogen-bond donors (Lipinski definition) is 2. The summed E-state index contributed by atoms with van der Waals surface area (Å²) in [6, 6.07) is 5.42. The first-order chi connectivity index (χ1) is 10.1. The van der Waals surface area contributed by atoms with Crippen molar-refractivity contribution in [2.24, 2.45) is 5.73 Å². The fraction of sp³-hybridized carbons (Fsp3) is 0.467. The maximum atomic E-state index is 12.0. The van der Waals surface area contributed by atoms with Crippen LogP contribution in [0.25, 0.3) is 0 Å². The molecule has 0 heterocycles. The summed E-state index contributed by atoms with van der Waals surface area (Å²) in [5.74, 6) is 0.670. The molecule has 0 atom stereocenters. The summed E-state index contributed by atoms with van der Waals surface area (Å²) >= 11 is 4.82. The zero-order valence-corrected chi connectivity index (χ0v) is 14.4. The van der Waals surface area contributed by atoms with Gasteiger partial charge in [0.15, 0.2) is 5.11 Å². The summed E-state index contributed by atoms with van der Waals surface area (Å²) in [6.07, 6.45) is -0.401. The fourth-order valence-corrected chi connectivity index (χ4v) is 1.90. The first-order valence-electron chi connectivity index (χ1n) is 6.80. The van der Waals surface area contributed by atoms with E-state index in [0.717, 1.165) is 11.3 Å². The number of nitrogens with one attached hydrogen (secondary N) is 1. The van der Waals surface area contributed by atoms with Crippen LogP contribution < -0.4 is 15.8 Å². The predicted molar refractivity (Wildman–Crippen MR) is 91.1 cm³/mol. The lowest BCUT2D eigenvalue weighted by atomic mass is 10.1. The van der Waals surface area contributed by atoms with Crippen LogP contribution in [0.15, 0.2) is 18.2 Å². The smallest absolute Gasteiger partial charge is 0.410 e. The van der Waals surface area contributed by atoms with Gasteiger partial charge in [-0.3, -0.25) is 0 Å². The number of amides is 1. The number of rotatable bonds is 4. The molecule has 0 fully saturated rings. The summed E-state index contributed by atoms with van der Waals surface area (Å²) in [4.78, 5) is 13.5. The van der Waals surface area contributed by atoms with Gasteiger partial charge in [-0.1, -0.05) is 0 Å². The van der Waals surface area contributed by atoms with E-state index >= 15 is 0 Å². The Labute approximate surface area is 136 Å². The van der Waals surface area contributed by atoms with Gasteiger partial charge < -0.3 is 25.4 Å². The summed E-state index contributed by atoms with van der Waals surface area (Å²) in [5, 5.41) is 3.03. The number of carbonyl (C=O) groups excluding carboxylic acids is 1. The molecule has 1 rings (SSSR count). The Bertz CT molecular complexity index is 555. The van der Waals surface area contributed by atoms with E-state index < -0.39 is 11.7 Å². The summed E-state index contributed by atoms with van der Waals surface area (Å²) in [6.45, 7) is 5.81. The van der Waals surface area contributed by atoms with Crippen molar-refractivity contribution in [3.05, 3.63) is 23.8 Å². The van der Waals surface area contributed by atoms with E-state index in [1.807, 2.05) is 26.8 Å². The maximum Gasteiger partial charge on any atom is 0.410 e. The molecule has 7 heteroatoms. The van der Waals surface area contributed by atoms with Gasteiger partial charge in [-0.05, 0) is 51.2 Å². The van der Waals surface area contributed by atoms with Crippen molar-refractivity contribution in [3.63, 3.8) is 0 Å². The number of thiocarbonyl (C=S) groups is 1. The highest BCUT2D eigenvalue weighted by atomic mass is 32.1. The minimum absolute atomic E-state index is 0.177. The summed E-state index contributed by atoms with van der Waals surface area (Å²) in [5.41, 5.74) is 6.49. The monoisotopic (exact) mass is 325 g/mol. The molecular weight excluding hydrogens is 302 g/mol. The van der Waals surface area contributed by atoms with E-state index in [1.54, 1.807) is 26.3 Å². The van der Waals surface area contributed by atoms with Crippen molar-refractivity contribution < 1.29 is 14.3 Å². The van der Waals surface area contributed by atoms with Crippen LogP contribution in [0.1, 0.15) is 26.3 Å². The van der Waals surface area contributed by atoms with Crippen molar-refractivity contribution in [3.8, 4) is 5.75 Å². The van der Waals surface area contributed by atoms with Crippen molar-refractivity contribution in [2.45, 2.75) is 32.9 Å². The third-order valence-corrected chi connectivity index (χ3v) is 2.76. The van der Waals surface area contributed by atoms with Gasteiger partial charge in [0.05, 0.1) is 13.7 Å². The number of hydrogen-bond acceptors (Lipinski definition) is 4. The molecule has 0 aliphatic heterocycles. The number of ether oxygens (including phenoxy) is 2. The van der Waals surface area contributed by atoms with Crippen molar-refractivity contribution >= 4 is 29.1 Å². The summed E-state index contributed by atoms with van der Waals surface area (Å²) < 4.78 is 10.6. The van der Waals surface area contributed by atoms with Crippen LogP contribution in [0.5, 0.6) is 5.75 Å². The maximum absolute atomic E-state index is 12.0. The van der Waals surface area contributed by atoms with Gasteiger partial charge in [0.25, 0.3) is 0 Å². The standard InChI is InChI=1S/C15H23N3O3S/c1-15(2,3)21-14(19)18(4)9-10-8-11(17-13(16)22)6-7-12(10)20-5/h6-8H,9H2,1-5H3,(H3,16,17,22). The highest BCUT2D eigenvalue weighted by Crippen LogP contribution is 2.24. The van der Waals surface area contributed by atoms with E-state index in [1.165, 1.54) is 4.90 Å². The lowest BCUT2D eigenvalue weighted by Gasteiger charge is -2.25. The molecule has 0 aliphatic carbocycles. The second kappa shape index (κ2) is 7.31. The SMILES string of the molecule is COc1ccc(NC(N)=S)cc1CN(C)C(=O)OC(C)(C)C. The molecule has 6 nitrogen and oxygen atoms in total. The van der Waals surface area contributed by atoms with Gasteiger partial charge >= 0.3 is 6.09 Å². The van der Waals surface area contributed by atoms with Crippen molar-refractivity contribution in [1.82, 2.24) is 4.90 Å². The lowest BCUT2D eigenvalue weighted by molar-refractivity contribution is 0.0284. The lowest BCUT2D eigenvalue weighted by Crippen LogP contribution is -2.33.